The second-order valence-electron chi connectivity index (χ2n) is 4.77. The van der Waals surface area contributed by atoms with E-state index in [0.717, 1.165) is 25.2 Å². The Balaban J connectivity index is 2.42. The summed E-state index contributed by atoms with van der Waals surface area (Å²) in [7, 11) is 0. The van der Waals surface area contributed by atoms with Crippen LogP contribution in [0.4, 0.5) is 4.39 Å². The number of likely N-dealkylation sites (N-methyl/N-ethyl adjacent to an activating group) is 1. The van der Waals surface area contributed by atoms with Crippen LogP contribution in [0.2, 0.25) is 0 Å². The van der Waals surface area contributed by atoms with Gasteiger partial charge in [-0.1, -0.05) is 19.9 Å². The number of aromatic nitrogens is 2. The van der Waals surface area contributed by atoms with Crippen LogP contribution in [0, 0.1) is 10.6 Å². The lowest BCUT2D eigenvalue weighted by Crippen LogP contribution is -2.29. The molecule has 2 rings (SSSR count). The zero-order valence-corrected chi connectivity index (χ0v) is 12.4. The summed E-state index contributed by atoms with van der Waals surface area (Å²) in [4.78, 5) is 5.31. The molecule has 0 saturated heterocycles. The van der Waals surface area contributed by atoms with Crippen LogP contribution in [0.15, 0.2) is 18.2 Å². The van der Waals surface area contributed by atoms with Gasteiger partial charge in [-0.3, -0.25) is 0 Å². The molecule has 1 unspecified atom stereocenters. The van der Waals surface area contributed by atoms with Crippen molar-refractivity contribution in [1.29, 1.82) is 0 Å². The van der Waals surface area contributed by atoms with Gasteiger partial charge in [-0.25, -0.2) is 4.39 Å². The van der Waals surface area contributed by atoms with Crippen LogP contribution in [-0.2, 0) is 0 Å². The monoisotopic (exact) mass is 281 g/mol. The van der Waals surface area contributed by atoms with Crippen LogP contribution < -0.4 is 0 Å². The molecule has 0 fully saturated rings. The predicted molar refractivity (Wildman–Crippen MR) is 79.6 cm³/mol. The van der Waals surface area contributed by atoms with Crippen molar-refractivity contribution in [2.45, 2.75) is 26.8 Å². The molecule has 1 heterocycles. The van der Waals surface area contributed by atoms with Crippen LogP contribution in [0.3, 0.4) is 0 Å². The first-order valence-corrected chi connectivity index (χ1v) is 7.10. The van der Waals surface area contributed by atoms with Crippen LogP contribution in [0.1, 0.15) is 26.8 Å². The maximum Gasteiger partial charge on any atom is 0.178 e. The number of hydrogen-bond acceptors (Lipinski definition) is 2. The van der Waals surface area contributed by atoms with Gasteiger partial charge in [0.1, 0.15) is 11.3 Å². The molecule has 1 atom stereocenters. The fourth-order valence-corrected chi connectivity index (χ4v) is 2.87. The molecule has 1 N–H and O–H groups in total. The number of nitrogens with one attached hydrogen (secondary N) is 1. The van der Waals surface area contributed by atoms with Gasteiger partial charge >= 0.3 is 0 Å². The maximum absolute atomic E-state index is 13.7. The maximum atomic E-state index is 13.7. The second-order valence-corrected chi connectivity index (χ2v) is 5.16. The second kappa shape index (κ2) is 5.84. The third kappa shape index (κ3) is 2.72. The van der Waals surface area contributed by atoms with Crippen molar-refractivity contribution >= 4 is 23.3 Å². The van der Waals surface area contributed by atoms with E-state index in [0.29, 0.717) is 10.3 Å². The Labute approximate surface area is 118 Å². The van der Waals surface area contributed by atoms with Crippen LogP contribution >= 0.6 is 12.2 Å². The van der Waals surface area contributed by atoms with Crippen molar-refractivity contribution < 1.29 is 4.39 Å². The Bertz CT molecular complexity index is 613. The summed E-state index contributed by atoms with van der Waals surface area (Å²) >= 11 is 5.34. The van der Waals surface area contributed by atoms with Gasteiger partial charge in [-0.15, -0.1) is 0 Å². The SMILES string of the molecule is CCN(CC)CC(C)n1c(=S)[nH]c2c(F)cccc21. The first kappa shape index (κ1) is 14.2. The quantitative estimate of drug-likeness (QED) is 0.844. The van der Waals surface area contributed by atoms with E-state index < -0.39 is 0 Å². The van der Waals surface area contributed by atoms with Gasteiger partial charge in [-0.2, -0.15) is 0 Å². The van der Waals surface area contributed by atoms with E-state index in [9.17, 15) is 4.39 Å². The fourth-order valence-electron chi connectivity index (χ4n) is 2.49. The Morgan fingerprint density at radius 3 is 2.68 bits per heavy atom. The molecule has 0 amide bonds. The third-order valence-electron chi connectivity index (χ3n) is 3.56. The van der Waals surface area contributed by atoms with E-state index >= 15 is 0 Å². The first-order chi connectivity index (χ1) is 9.08. The summed E-state index contributed by atoms with van der Waals surface area (Å²) in [5.74, 6) is -0.252. The minimum Gasteiger partial charge on any atom is -0.328 e. The van der Waals surface area contributed by atoms with E-state index in [1.807, 2.05) is 10.6 Å². The number of aromatic amines is 1. The summed E-state index contributed by atoms with van der Waals surface area (Å²) in [5.41, 5.74) is 1.34. The zero-order chi connectivity index (χ0) is 14.0. The van der Waals surface area contributed by atoms with E-state index in [1.54, 1.807) is 6.07 Å². The fraction of sp³-hybridized carbons (Fsp3) is 0.500. The summed E-state index contributed by atoms with van der Waals surface area (Å²) in [6.07, 6.45) is 0. The molecule has 2 aromatic rings. The van der Waals surface area contributed by atoms with Gasteiger partial charge in [0.15, 0.2) is 4.77 Å². The molecule has 1 aromatic carbocycles. The normalized spacial score (nSPS) is 13.3. The van der Waals surface area contributed by atoms with Crippen molar-refractivity contribution in [3.63, 3.8) is 0 Å². The number of para-hydroxylation sites is 1. The highest BCUT2D eigenvalue weighted by Crippen LogP contribution is 2.21. The topological polar surface area (TPSA) is 24.0 Å². The lowest BCUT2D eigenvalue weighted by molar-refractivity contribution is 0.262. The number of nitrogens with zero attached hydrogens (tertiary/aromatic N) is 2. The van der Waals surface area contributed by atoms with Crippen LogP contribution in [0.5, 0.6) is 0 Å². The molecule has 3 nitrogen and oxygen atoms in total. The van der Waals surface area contributed by atoms with E-state index in [4.69, 9.17) is 12.2 Å². The molecule has 0 radical (unpaired) electrons. The van der Waals surface area contributed by atoms with Gasteiger partial charge in [0.05, 0.1) is 5.52 Å². The molecule has 0 bridgehead atoms. The van der Waals surface area contributed by atoms with Crippen molar-refractivity contribution in [2.75, 3.05) is 19.6 Å². The minimum atomic E-state index is -0.252. The Morgan fingerprint density at radius 2 is 2.05 bits per heavy atom. The highest BCUT2D eigenvalue weighted by Gasteiger charge is 2.15. The van der Waals surface area contributed by atoms with Gasteiger partial charge in [0.25, 0.3) is 0 Å². The molecule has 19 heavy (non-hydrogen) atoms. The molecule has 0 aliphatic rings. The summed E-state index contributed by atoms with van der Waals surface area (Å²) < 4.78 is 16.3. The Morgan fingerprint density at radius 1 is 1.37 bits per heavy atom. The van der Waals surface area contributed by atoms with Gasteiger partial charge < -0.3 is 14.5 Å². The van der Waals surface area contributed by atoms with Crippen molar-refractivity contribution in [3.05, 3.63) is 28.8 Å². The number of H-pyrrole nitrogens is 1. The van der Waals surface area contributed by atoms with Gasteiger partial charge in [-0.05, 0) is 44.4 Å². The number of hydrogen-bond donors (Lipinski definition) is 1. The standard InChI is InChI=1S/C14H20FN3S/c1-4-17(5-2)9-10(3)18-12-8-6-7-11(15)13(12)16-14(18)19/h6-8,10H,4-5,9H2,1-3H3,(H,16,19). The highest BCUT2D eigenvalue weighted by atomic mass is 32.1. The number of halogens is 1. The lowest BCUT2D eigenvalue weighted by atomic mass is 10.2. The number of benzene rings is 1. The highest BCUT2D eigenvalue weighted by molar-refractivity contribution is 7.71. The van der Waals surface area contributed by atoms with E-state index in [-0.39, 0.29) is 11.9 Å². The molecular formula is C14H20FN3S. The van der Waals surface area contributed by atoms with Gasteiger partial charge in [0, 0.05) is 12.6 Å². The number of rotatable bonds is 5. The van der Waals surface area contributed by atoms with Gasteiger partial charge in [0.2, 0.25) is 0 Å². The molecular weight excluding hydrogens is 261 g/mol. The third-order valence-corrected chi connectivity index (χ3v) is 3.86. The smallest absolute Gasteiger partial charge is 0.178 e. The van der Waals surface area contributed by atoms with Crippen LogP contribution in [0.25, 0.3) is 11.0 Å². The van der Waals surface area contributed by atoms with Crippen molar-refractivity contribution in [1.82, 2.24) is 14.5 Å². The van der Waals surface area contributed by atoms with Crippen LogP contribution in [-0.4, -0.2) is 34.1 Å². The summed E-state index contributed by atoms with van der Waals surface area (Å²) in [6, 6.07) is 5.29. The molecule has 5 heteroatoms. The summed E-state index contributed by atoms with van der Waals surface area (Å²) in [6.45, 7) is 9.32. The molecule has 0 spiro atoms. The molecule has 0 saturated carbocycles. The van der Waals surface area contributed by atoms with E-state index in [2.05, 4.69) is 30.7 Å². The summed E-state index contributed by atoms with van der Waals surface area (Å²) in [5, 5.41) is 0. The Kier molecular flexibility index (Phi) is 4.37. The molecule has 0 aliphatic carbocycles. The Hall–Kier alpha value is -1.20. The van der Waals surface area contributed by atoms with Crippen molar-refractivity contribution in [2.24, 2.45) is 0 Å². The molecule has 0 aliphatic heterocycles. The first-order valence-electron chi connectivity index (χ1n) is 6.69. The number of imidazole rings is 1. The average Bonchev–Trinajstić information content (AvgIpc) is 2.73. The molecule has 104 valence electrons. The average molecular weight is 281 g/mol. The zero-order valence-electron chi connectivity index (χ0n) is 11.6. The number of fused-ring (bicyclic) bond motifs is 1. The lowest BCUT2D eigenvalue weighted by Gasteiger charge is -2.24. The van der Waals surface area contributed by atoms with E-state index in [1.165, 1.54) is 6.07 Å². The molecule has 1 aromatic heterocycles. The van der Waals surface area contributed by atoms with Crippen molar-refractivity contribution in [3.8, 4) is 0 Å². The minimum absolute atomic E-state index is 0.211. The predicted octanol–water partition coefficient (Wildman–Crippen LogP) is 3.74. The largest absolute Gasteiger partial charge is 0.328 e.